The first-order valence-corrected chi connectivity index (χ1v) is 7.17. The van der Waals surface area contributed by atoms with Gasteiger partial charge in [0.15, 0.2) is 0 Å². The minimum absolute atomic E-state index is 0.722. The summed E-state index contributed by atoms with van der Waals surface area (Å²) in [4.78, 5) is 2.44. The molecule has 2 atom stereocenters. The molecule has 0 aromatic carbocycles. The van der Waals surface area contributed by atoms with Crippen LogP contribution in [0.25, 0.3) is 0 Å². The molecule has 1 heterocycles. The van der Waals surface area contributed by atoms with Gasteiger partial charge >= 0.3 is 0 Å². The molecule has 1 aromatic heterocycles. The molecule has 1 aliphatic rings. The zero-order chi connectivity index (χ0) is 13.0. The maximum atomic E-state index is 5.65. The van der Waals surface area contributed by atoms with Crippen LogP contribution in [0.4, 0.5) is 0 Å². The summed E-state index contributed by atoms with van der Waals surface area (Å²) < 4.78 is 5.65. The Labute approximate surface area is 111 Å². The first kappa shape index (κ1) is 13.6. The Bertz CT molecular complexity index is 361. The van der Waals surface area contributed by atoms with Gasteiger partial charge in [0.05, 0.1) is 6.54 Å². The van der Waals surface area contributed by atoms with E-state index in [2.05, 4.69) is 30.3 Å². The molecule has 1 aliphatic carbocycles. The van der Waals surface area contributed by atoms with Crippen molar-refractivity contribution in [1.29, 1.82) is 0 Å². The Morgan fingerprint density at radius 1 is 1.39 bits per heavy atom. The van der Waals surface area contributed by atoms with Gasteiger partial charge in [-0.25, -0.2) is 0 Å². The first-order valence-electron chi connectivity index (χ1n) is 7.17. The molecule has 102 valence electrons. The van der Waals surface area contributed by atoms with Gasteiger partial charge < -0.3 is 9.73 Å². The Morgan fingerprint density at radius 2 is 2.22 bits per heavy atom. The number of hydrogen-bond acceptors (Lipinski definition) is 3. The fourth-order valence-corrected chi connectivity index (χ4v) is 2.77. The lowest BCUT2D eigenvalue weighted by Crippen LogP contribution is -2.48. The molecule has 0 saturated heterocycles. The van der Waals surface area contributed by atoms with Crippen molar-refractivity contribution in [2.45, 2.75) is 45.7 Å². The second-order valence-corrected chi connectivity index (χ2v) is 5.54. The quantitative estimate of drug-likeness (QED) is 0.754. The Hall–Kier alpha value is -0.800. The van der Waals surface area contributed by atoms with Gasteiger partial charge in [0.2, 0.25) is 0 Å². The molecule has 0 radical (unpaired) electrons. The van der Waals surface area contributed by atoms with Gasteiger partial charge in [-0.3, -0.25) is 4.90 Å². The maximum Gasteiger partial charge on any atom is 0.118 e. The third-order valence-electron chi connectivity index (χ3n) is 3.98. The Morgan fingerprint density at radius 3 is 2.78 bits per heavy atom. The standard InChI is InChI=1S/C15H26N2O/c1-4-9-16-10-13-6-8-15(13)17(3)11-14-7-5-12(2)18-14/h5,7,13,15-16H,4,6,8-11H2,1-3H3. The third-order valence-corrected chi connectivity index (χ3v) is 3.98. The molecule has 1 aromatic rings. The van der Waals surface area contributed by atoms with Gasteiger partial charge in [-0.2, -0.15) is 0 Å². The molecule has 0 bridgehead atoms. The predicted octanol–water partition coefficient (Wildman–Crippen LogP) is 2.80. The van der Waals surface area contributed by atoms with E-state index in [1.165, 1.54) is 25.8 Å². The van der Waals surface area contributed by atoms with E-state index in [0.29, 0.717) is 0 Å². The topological polar surface area (TPSA) is 28.4 Å². The predicted molar refractivity (Wildman–Crippen MR) is 74.6 cm³/mol. The summed E-state index contributed by atoms with van der Waals surface area (Å²) in [6, 6.07) is 4.86. The van der Waals surface area contributed by atoms with Crippen molar-refractivity contribution in [3.05, 3.63) is 23.7 Å². The minimum Gasteiger partial charge on any atom is -0.465 e. The second kappa shape index (κ2) is 6.39. The van der Waals surface area contributed by atoms with Crippen molar-refractivity contribution in [2.24, 2.45) is 5.92 Å². The lowest BCUT2D eigenvalue weighted by Gasteiger charge is -2.42. The third kappa shape index (κ3) is 3.36. The van der Waals surface area contributed by atoms with Gasteiger partial charge in [0.25, 0.3) is 0 Å². The molecule has 2 rings (SSSR count). The highest BCUT2D eigenvalue weighted by molar-refractivity contribution is 5.06. The maximum absolute atomic E-state index is 5.65. The molecule has 1 saturated carbocycles. The SMILES string of the molecule is CCCNCC1CCC1N(C)Cc1ccc(C)o1. The molecule has 0 amide bonds. The highest BCUT2D eigenvalue weighted by atomic mass is 16.3. The summed E-state index contributed by atoms with van der Waals surface area (Å²) in [5.74, 6) is 2.91. The summed E-state index contributed by atoms with van der Waals surface area (Å²) in [5, 5.41) is 3.54. The first-order chi connectivity index (χ1) is 8.70. The summed E-state index contributed by atoms with van der Waals surface area (Å²) in [6.07, 6.45) is 3.91. The molecule has 2 unspecified atom stereocenters. The van der Waals surface area contributed by atoms with Crippen molar-refractivity contribution in [3.63, 3.8) is 0 Å². The van der Waals surface area contributed by atoms with Crippen LogP contribution in [0.1, 0.15) is 37.7 Å². The van der Waals surface area contributed by atoms with E-state index >= 15 is 0 Å². The lowest BCUT2D eigenvalue weighted by atomic mass is 9.78. The minimum atomic E-state index is 0.722. The van der Waals surface area contributed by atoms with Crippen molar-refractivity contribution in [1.82, 2.24) is 10.2 Å². The van der Waals surface area contributed by atoms with Crippen LogP contribution >= 0.6 is 0 Å². The highest BCUT2D eigenvalue weighted by Gasteiger charge is 2.33. The van der Waals surface area contributed by atoms with E-state index in [1.54, 1.807) is 0 Å². The van der Waals surface area contributed by atoms with E-state index in [4.69, 9.17) is 4.42 Å². The molecule has 0 spiro atoms. The molecule has 1 fully saturated rings. The highest BCUT2D eigenvalue weighted by Crippen LogP contribution is 2.31. The van der Waals surface area contributed by atoms with Crippen LogP contribution in [0.3, 0.4) is 0 Å². The lowest BCUT2D eigenvalue weighted by molar-refractivity contribution is 0.0727. The van der Waals surface area contributed by atoms with E-state index in [0.717, 1.165) is 36.6 Å². The Balaban J connectivity index is 1.76. The monoisotopic (exact) mass is 250 g/mol. The van der Waals surface area contributed by atoms with E-state index in [9.17, 15) is 0 Å². The molecular formula is C15H26N2O. The van der Waals surface area contributed by atoms with Crippen LogP contribution in [-0.2, 0) is 6.54 Å². The van der Waals surface area contributed by atoms with Crippen LogP contribution in [0, 0.1) is 12.8 Å². The van der Waals surface area contributed by atoms with Crippen LogP contribution in [0.5, 0.6) is 0 Å². The van der Waals surface area contributed by atoms with Gasteiger partial charge in [0, 0.05) is 6.04 Å². The normalized spacial score (nSPS) is 23.3. The van der Waals surface area contributed by atoms with Gasteiger partial charge in [-0.1, -0.05) is 6.92 Å². The number of rotatable bonds is 7. The average molecular weight is 250 g/mol. The molecule has 18 heavy (non-hydrogen) atoms. The van der Waals surface area contributed by atoms with Gasteiger partial charge in [-0.15, -0.1) is 0 Å². The van der Waals surface area contributed by atoms with Gasteiger partial charge in [0.1, 0.15) is 11.5 Å². The van der Waals surface area contributed by atoms with Crippen molar-refractivity contribution in [2.75, 3.05) is 20.1 Å². The summed E-state index contributed by atoms with van der Waals surface area (Å²) in [7, 11) is 2.22. The smallest absolute Gasteiger partial charge is 0.118 e. The number of nitrogens with one attached hydrogen (secondary N) is 1. The van der Waals surface area contributed by atoms with Crippen molar-refractivity contribution < 1.29 is 4.42 Å². The molecular weight excluding hydrogens is 224 g/mol. The van der Waals surface area contributed by atoms with E-state index < -0.39 is 0 Å². The van der Waals surface area contributed by atoms with Crippen LogP contribution in [0.15, 0.2) is 16.5 Å². The van der Waals surface area contributed by atoms with Crippen LogP contribution < -0.4 is 5.32 Å². The zero-order valence-corrected chi connectivity index (χ0v) is 11.9. The summed E-state index contributed by atoms with van der Waals surface area (Å²) >= 11 is 0. The van der Waals surface area contributed by atoms with E-state index in [-0.39, 0.29) is 0 Å². The number of hydrogen-bond donors (Lipinski definition) is 1. The zero-order valence-electron chi connectivity index (χ0n) is 11.9. The van der Waals surface area contributed by atoms with Crippen molar-refractivity contribution in [3.8, 4) is 0 Å². The molecule has 3 heteroatoms. The second-order valence-electron chi connectivity index (χ2n) is 5.54. The summed E-state index contributed by atoms with van der Waals surface area (Å²) in [5.41, 5.74) is 0. The fraction of sp³-hybridized carbons (Fsp3) is 0.733. The number of aryl methyl sites for hydroxylation is 1. The molecule has 3 nitrogen and oxygen atoms in total. The average Bonchev–Trinajstić information content (AvgIpc) is 2.68. The number of nitrogens with zero attached hydrogens (tertiary/aromatic N) is 1. The Kier molecular flexibility index (Phi) is 4.84. The van der Waals surface area contributed by atoms with Gasteiger partial charge in [-0.05, 0) is 64.4 Å². The van der Waals surface area contributed by atoms with E-state index in [1.807, 2.05) is 13.0 Å². The van der Waals surface area contributed by atoms with Crippen LogP contribution in [-0.4, -0.2) is 31.1 Å². The summed E-state index contributed by atoms with van der Waals surface area (Å²) in [6.45, 7) is 7.47. The van der Waals surface area contributed by atoms with Crippen molar-refractivity contribution >= 4 is 0 Å². The molecule has 0 aliphatic heterocycles. The molecule has 1 N–H and O–H groups in total. The number of furan rings is 1. The fourth-order valence-electron chi connectivity index (χ4n) is 2.77. The largest absolute Gasteiger partial charge is 0.465 e. The van der Waals surface area contributed by atoms with Crippen LogP contribution in [0.2, 0.25) is 0 Å².